The van der Waals surface area contributed by atoms with E-state index in [1.165, 1.54) is 12.1 Å². The quantitative estimate of drug-likeness (QED) is 0.834. The van der Waals surface area contributed by atoms with E-state index in [-0.39, 0.29) is 29.6 Å². The Labute approximate surface area is 122 Å². The third-order valence-corrected chi connectivity index (χ3v) is 3.83. The Kier molecular flexibility index (Phi) is 4.77. The molecule has 1 aliphatic rings. The first kappa shape index (κ1) is 15.3. The molecular weight excluding hydrogens is 275 g/mol. The second-order valence-electron chi connectivity index (χ2n) is 5.32. The van der Waals surface area contributed by atoms with E-state index in [1.807, 2.05) is 0 Å². The van der Waals surface area contributed by atoms with E-state index in [1.54, 1.807) is 4.90 Å². The normalized spacial score (nSPS) is 18.5. The molecular formula is C15H19FN2O3. The summed E-state index contributed by atoms with van der Waals surface area (Å²) in [6.07, 6.45) is 3.11. The second kappa shape index (κ2) is 6.56. The van der Waals surface area contributed by atoms with Crippen molar-refractivity contribution in [1.29, 1.82) is 0 Å². The van der Waals surface area contributed by atoms with E-state index in [0.29, 0.717) is 13.0 Å². The molecule has 3 N–H and O–H groups in total. The molecule has 1 aliphatic heterocycles. The van der Waals surface area contributed by atoms with E-state index in [4.69, 9.17) is 10.8 Å². The summed E-state index contributed by atoms with van der Waals surface area (Å²) in [4.78, 5) is 24.9. The van der Waals surface area contributed by atoms with Gasteiger partial charge in [-0.2, -0.15) is 0 Å². The lowest BCUT2D eigenvalue weighted by atomic mass is 9.97. The number of amides is 1. The van der Waals surface area contributed by atoms with Crippen LogP contribution >= 0.6 is 0 Å². The number of hydrogen-bond donors (Lipinski definition) is 2. The van der Waals surface area contributed by atoms with Gasteiger partial charge in [-0.1, -0.05) is 0 Å². The minimum absolute atomic E-state index is 0.00706. The molecule has 1 heterocycles. The van der Waals surface area contributed by atoms with Crippen molar-refractivity contribution in [3.8, 4) is 0 Å². The fraction of sp³-hybridized carbons (Fsp3) is 0.467. The van der Waals surface area contributed by atoms with Gasteiger partial charge in [-0.3, -0.25) is 9.59 Å². The highest BCUT2D eigenvalue weighted by Crippen LogP contribution is 2.24. The van der Waals surface area contributed by atoms with Crippen molar-refractivity contribution >= 4 is 17.6 Å². The average molecular weight is 294 g/mol. The Morgan fingerprint density at radius 1 is 1.38 bits per heavy atom. The van der Waals surface area contributed by atoms with Crippen molar-refractivity contribution < 1.29 is 19.1 Å². The molecule has 0 saturated carbocycles. The highest BCUT2D eigenvalue weighted by Gasteiger charge is 2.28. The second-order valence-corrected chi connectivity index (χ2v) is 5.32. The summed E-state index contributed by atoms with van der Waals surface area (Å²) in [6.45, 7) is 0.578. The Hall–Kier alpha value is -2.11. The Bertz CT molecular complexity index is 548. The van der Waals surface area contributed by atoms with Gasteiger partial charge >= 0.3 is 5.97 Å². The van der Waals surface area contributed by atoms with Crippen LogP contribution in [-0.4, -0.2) is 34.5 Å². The number of anilines is 1. The minimum atomic E-state index is -0.869. The summed E-state index contributed by atoms with van der Waals surface area (Å²) < 4.78 is 13.5. The van der Waals surface area contributed by atoms with Gasteiger partial charge in [0.15, 0.2) is 0 Å². The van der Waals surface area contributed by atoms with E-state index >= 15 is 0 Å². The van der Waals surface area contributed by atoms with Crippen molar-refractivity contribution in [3.05, 3.63) is 29.6 Å². The van der Waals surface area contributed by atoms with Gasteiger partial charge in [-0.05, 0) is 43.9 Å². The molecule has 5 nitrogen and oxygen atoms in total. The number of halogens is 1. The zero-order chi connectivity index (χ0) is 15.4. The lowest BCUT2D eigenvalue weighted by Crippen LogP contribution is -2.44. The van der Waals surface area contributed by atoms with Crippen molar-refractivity contribution in [1.82, 2.24) is 4.90 Å². The molecule has 1 fully saturated rings. The van der Waals surface area contributed by atoms with Crippen molar-refractivity contribution in [3.63, 3.8) is 0 Å². The van der Waals surface area contributed by atoms with Crippen LogP contribution in [0.1, 0.15) is 42.5 Å². The summed E-state index contributed by atoms with van der Waals surface area (Å²) in [6, 6.07) is 3.92. The highest BCUT2D eigenvalue weighted by atomic mass is 19.1. The first-order valence-electron chi connectivity index (χ1n) is 7.07. The lowest BCUT2D eigenvalue weighted by molar-refractivity contribution is -0.137. The van der Waals surface area contributed by atoms with Crippen LogP contribution in [0.2, 0.25) is 0 Å². The molecule has 1 aromatic carbocycles. The Balaban J connectivity index is 2.13. The van der Waals surface area contributed by atoms with Crippen LogP contribution in [-0.2, 0) is 4.79 Å². The van der Waals surface area contributed by atoms with Gasteiger partial charge in [0.2, 0.25) is 0 Å². The summed E-state index contributed by atoms with van der Waals surface area (Å²) in [7, 11) is 0. The molecule has 0 aromatic heterocycles. The first-order valence-corrected chi connectivity index (χ1v) is 7.07. The van der Waals surface area contributed by atoms with Gasteiger partial charge in [0.25, 0.3) is 5.91 Å². The molecule has 0 radical (unpaired) electrons. The van der Waals surface area contributed by atoms with Gasteiger partial charge in [0.05, 0.1) is 5.69 Å². The number of likely N-dealkylation sites (tertiary alicyclic amines) is 1. The minimum Gasteiger partial charge on any atom is -0.481 e. The number of carboxylic acids is 1. The molecule has 1 aromatic rings. The molecule has 2 rings (SSSR count). The average Bonchev–Trinajstić information content (AvgIpc) is 2.47. The van der Waals surface area contributed by atoms with Crippen LogP contribution in [0.5, 0.6) is 0 Å². The number of hydrogen-bond acceptors (Lipinski definition) is 3. The molecule has 1 atom stereocenters. The molecule has 0 aliphatic carbocycles. The number of carbonyl (C=O) groups excluding carboxylic acids is 1. The number of benzene rings is 1. The molecule has 21 heavy (non-hydrogen) atoms. The van der Waals surface area contributed by atoms with Crippen LogP contribution < -0.4 is 5.73 Å². The number of rotatable bonds is 4. The SMILES string of the molecule is Nc1ccc(C(=O)N2CCCCC2CCC(=O)O)cc1F. The first-order chi connectivity index (χ1) is 9.99. The lowest BCUT2D eigenvalue weighted by Gasteiger charge is -2.35. The van der Waals surface area contributed by atoms with Crippen LogP contribution in [0.3, 0.4) is 0 Å². The summed E-state index contributed by atoms with van der Waals surface area (Å²) in [5.74, 6) is -1.74. The van der Waals surface area contributed by atoms with Gasteiger partial charge in [0.1, 0.15) is 5.82 Å². The smallest absolute Gasteiger partial charge is 0.303 e. The maximum Gasteiger partial charge on any atom is 0.303 e. The van der Waals surface area contributed by atoms with Crippen LogP contribution in [0.4, 0.5) is 10.1 Å². The maximum absolute atomic E-state index is 13.5. The number of carbonyl (C=O) groups is 2. The third kappa shape index (κ3) is 3.71. The maximum atomic E-state index is 13.5. The molecule has 0 bridgehead atoms. The zero-order valence-electron chi connectivity index (χ0n) is 11.7. The van der Waals surface area contributed by atoms with Gasteiger partial charge in [0, 0.05) is 24.6 Å². The Morgan fingerprint density at radius 2 is 2.14 bits per heavy atom. The van der Waals surface area contributed by atoms with E-state index in [2.05, 4.69) is 0 Å². The number of nitrogens with zero attached hydrogens (tertiary/aromatic N) is 1. The zero-order valence-corrected chi connectivity index (χ0v) is 11.7. The number of carboxylic acid groups (broad SMARTS) is 1. The van der Waals surface area contributed by atoms with Crippen molar-refractivity contribution in [2.45, 2.75) is 38.1 Å². The van der Waals surface area contributed by atoms with E-state index in [0.717, 1.165) is 25.3 Å². The van der Waals surface area contributed by atoms with Gasteiger partial charge in [-0.15, -0.1) is 0 Å². The third-order valence-electron chi connectivity index (χ3n) is 3.83. The predicted molar refractivity (Wildman–Crippen MR) is 76.4 cm³/mol. The molecule has 1 unspecified atom stereocenters. The predicted octanol–water partition coefficient (Wildman–Crippen LogP) is 2.27. The fourth-order valence-corrected chi connectivity index (χ4v) is 2.68. The van der Waals surface area contributed by atoms with Crippen LogP contribution in [0.15, 0.2) is 18.2 Å². The summed E-state index contributed by atoms with van der Waals surface area (Å²) >= 11 is 0. The molecule has 6 heteroatoms. The largest absolute Gasteiger partial charge is 0.481 e. The highest BCUT2D eigenvalue weighted by molar-refractivity contribution is 5.94. The number of nitrogen functional groups attached to an aromatic ring is 1. The summed E-state index contributed by atoms with van der Waals surface area (Å²) in [5, 5.41) is 8.79. The van der Waals surface area contributed by atoms with Gasteiger partial charge < -0.3 is 15.7 Å². The van der Waals surface area contributed by atoms with E-state index < -0.39 is 11.8 Å². The van der Waals surface area contributed by atoms with E-state index in [9.17, 15) is 14.0 Å². The summed E-state index contributed by atoms with van der Waals surface area (Å²) in [5.41, 5.74) is 5.67. The standard InChI is InChI=1S/C15H19FN2O3/c16-12-9-10(4-6-13(12)17)15(21)18-8-2-1-3-11(18)5-7-14(19)20/h4,6,9,11H,1-3,5,7-8,17H2,(H,19,20). The monoisotopic (exact) mass is 294 g/mol. The van der Waals surface area contributed by atoms with Crippen molar-refractivity contribution in [2.24, 2.45) is 0 Å². The van der Waals surface area contributed by atoms with Crippen LogP contribution in [0, 0.1) is 5.82 Å². The molecule has 1 amide bonds. The van der Waals surface area contributed by atoms with Gasteiger partial charge in [-0.25, -0.2) is 4.39 Å². The molecule has 1 saturated heterocycles. The molecule has 0 spiro atoms. The topological polar surface area (TPSA) is 83.6 Å². The molecule has 114 valence electrons. The van der Waals surface area contributed by atoms with Crippen LogP contribution in [0.25, 0.3) is 0 Å². The number of aliphatic carboxylic acids is 1. The number of nitrogens with two attached hydrogens (primary N) is 1. The number of piperidine rings is 1. The Morgan fingerprint density at radius 3 is 2.81 bits per heavy atom. The van der Waals surface area contributed by atoms with Crippen molar-refractivity contribution in [2.75, 3.05) is 12.3 Å². The fourth-order valence-electron chi connectivity index (χ4n) is 2.68.